The zero-order chi connectivity index (χ0) is 18.4. The molecule has 0 unspecified atom stereocenters. The van der Waals surface area contributed by atoms with Crippen LogP contribution >= 0.6 is 11.3 Å². The molecule has 142 valence electrons. The standard InChI is InChI=1S/C20H29N3O2S/c1-3-7-18(24)23(11-6-10-22-12-14-25-15-13-22)20-21-19-16(4-2)8-5-9-17(19)26-20/h5,8-9H,3-4,6-7,10-15H2,1-2H3. The highest BCUT2D eigenvalue weighted by molar-refractivity contribution is 7.22. The summed E-state index contributed by atoms with van der Waals surface area (Å²) < 4.78 is 6.58. The summed E-state index contributed by atoms with van der Waals surface area (Å²) in [6.07, 6.45) is 3.37. The van der Waals surface area contributed by atoms with Crippen LogP contribution in [-0.2, 0) is 16.0 Å². The fourth-order valence-electron chi connectivity index (χ4n) is 3.35. The van der Waals surface area contributed by atoms with E-state index in [1.807, 2.05) is 4.90 Å². The second-order valence-electron chi connectivity index (χ2n) is 6.72. The average Bonchev–Trinajstić information content (AvgIpc) is 3.10. The van der Waals surface area contributed by atoms with Crippen molar-refractivity contribution in [1.82, 2.24) is 9.88 Å². The van der Waals surface area contributed by atoms with Gasteiger partial charge in [-0.15, -0.1) is 0 Å². The quantitative estimate of drug-likeness (QED) is 0.705. The average molecular weight is 376 g/mol. The molecule has 3 rings (SSSR count). The van der Waals surface area contributed by atoms with E-state index in [9.17, 15) is 4.79 Å². The number of nitrogens with zero attached hydrogens (tertiary/aromatic N) is 3. The number of carbonyl (C=O) groups excluding carboxylic acids is 1. The maximum atomic E-state index is 12.7. The number of rotatable bonds is 8. The lowest BCUT2D eigenvalue weighted by Gasteiger charge is -2.27. The number of thiazole rings is 1. The number of benzene rings is 1. The van der Waals surface area contributed by atoms with Crippen molar-refractivity contribution in [3.63, 3.8) is 0 Å². The van der Waals surface area contributed by atoms with Crippen molar-refractivity contribution < 1.29 is 9.53 Å². The van der Waals surface area contributed by atoms with Gasteiger partial charge in [0.2, 0.25) is 5.91 Å². The minimum absolute atomic E-state index is 0.187. The molecule has 0 aliphatic carbocycles. The smallest absolute Gasteiger partial charge is 0.228 e. The Hall–Kier alpha value is -1.50. The van der Waals surface area contributed by atoms with Crippen molar-refractivity contribution in [3.05, 3.63) is 23.8 Å². The maximum Gasteiger partial charge on any atom is 0.228 e. The minimum atomic E-state index is 0.187. The molecule has 0 saturated carbocycles. The third-order valence-electron chi connectivity index (χ3n) is 4.83. The molecule has 1 aliphatic rings. The number of fused-ring (bicyclic) bond motifs is 1. The highest BCUT2D eigenvalue weighted by Crippen LogP contribution is 2.31. The molecule has 1 fully saturated rings. The van der Waals surface area contributed by atoms with Crippen LogP contribution in [0.5, 0.6) is 0 Å². The van der Waals surface area contributed by atoms with Crippen LogP contribution in [0.1, 0.15) is 38.7 Å². The van der Waals surface area contributed by atoms with Crippen molar-refractivity contribution in [3.8, 4) is 0 Å². The monoisotopic (exact) mass is 375 g/mol. The van der Waals surface area contributed by atoms with E-state index < -0.39 is 0 Å². The number of hydrogen-bond acceptors (Lipinski definition) is 5. The van der Waals surface area contributed by atoms with Crippen molar-refractivity contribution in [2.24, 2.45) is 0 Å². The molecule has 1 saturated heterocycles. The minimum Gasteiger partial charge on any atom is -0.379 e. The molecule has 0 spiro atoms. The number of anilines is 1. The third kappa shape index (κ3) is 4.61. The Morgan fingerprint density at radius 3 is 2.85 bits per heavy atom. The van der Waals surface area contributed by atoms with Crippen LogP contribution in [0.3, 0.4) is 0 Å². The number of hydrogen-bond donors (Lipinski definition) is 0. The molecule has 0 bridgehead atoms. The number of para-hydroxylation sites is 1. The predicted molar refractivity (Wildman–Crippen MR) is 108 cm³/mol. The first kappa shape index (κ1) is 19.3. The van der Waals surface area contributed by atoms with Gasteiger partial charge in [0, 0.05) is 32.6 Å². The number of morpholine rings is 1. The summed E-state index contributed by atoms with van der Waals surface area (Å²) in [6, 6.07) is 6.31. The van der Waals surface area contributed by atoms with E-state index in [0.717, 1.165) is 69.3 Å². The van der Waals surface area contributed by atoms with Gasteiger partial charge in [-0.25, -0.2) is 4.98 Å². The first-order chi connectivity index (χ1) is 12.7. The van der Waals surface area contributed by atoms with E-state index in [0.29, 0.717) is 6.42 Å². The van der Waals surface area contributed by atoms with Gasteiger partial charge in [-0.3, -0.25) is 14.6 Å². The van der Waals surface area contributed by atoms with Crippen LogP contribution < -0.4 is 4.90 Å². The number of aromatic nitrogens is 1. The fraction of sp³-hybridized carbons (Fsp3) is 0.600. The Morgan fingerprint density at radius 2 is 2.12 bits per heavy atom. The van der Waals surface area contributed by atoms with Gasteiger partial charge in [0.05, 0.1) is 23.4 Å². The highest BCUT2D eigenvalue weighted by atomic mass is 32.1. The van der Waals surface area contributed by atoms with E-state index in [2.05, 4.69) is 36.9 Å². The summed E-state index contributed by atoms with van der Waals surface area (Å²) in [6.45, 7) is 9.55. The van der Waals surface area contributed by atoms with Gasteiger partial charge in [-0.1, -0.05) is 37.3 Å². The largest absolute Gasteiger partial charge is 0.379 e. The zero-order valence-electron chi connectivity index (χ0n) is 15.9. The molecule has 0 radical (unpaired) electrons. The summed E-state index contributed by atoms with van der Waals surface area (Å²) >= 11 is 1.64. The Labute approximate surface area is 160 Å². The molecular formula is C20H29N3O2S. The molecule has 1 aromatic carbocycles. The molecule has 1 aromatic heterocycles. The normalized spacial score (nSPS) is 15.5. The van der Waals surface area contributed by atoms with Crippen LogP contribution in [0.2, 0.25) is 0 Å². The SMILES string of the molecule is CCCC(=O)N(CCCN1CCOCC1)c1nc2c(CC)cccc2s1. The van der Waals surface area contributed by atoms with Crippen LogP contribution in [0.15, 0.2) is 18.2 Å². The fourth-order valence-corrected chi connectivity index (χ4v) is 4.40. The van der Waals surface area contributed by atoms with E-state index in [1.54, 1.807) is 11.3 Å². The summed E-state index contributed by atoms with van der Waals surface area (Å²) in [7, 11) is 0. The Morgan fingerprint density at radius 1 is 1.31 bits per heavy atom. The lowest BCUT2D eigenvalue weighted by atomic mass is 10.1. The summed E-state index contributed by atoms with van der Waals surface area (Å²) in [5.41, 5.74) is 2.30. The van der Waals surface area contributed by atoms with Gasteiger partial charge in [-0.05, 0) is 30.9 Å². The highest BCUT2D eigenvalue weighted by Gasteiger charge is 2.20. The Kier molecular flexibility index (Phi) is 7.00. The molecule has 1 amide bonds. The number of carbonyl (C=O) groups is 1. The molecule has 1 aliphatic heterocycles. The van der Waals surface area contributed by atoms with Crippen LogP contribution in [0, 0.1) is 0 Å². The molecule has 26 heavy (non-hydrogen) atoms. The summed E-state index contributed by atoms with van der Waals surface area (Å²) in [5, 5.41) is 0.848. The summed E-state index contributed by atoms with van der Waals surface area (Å²) in [5.74, 6) is 0.187. The van der Waals surface area contributed by atoms with Gasteiger partial charge >= 0.3 is 0 Å². The second kappa shape index (κ2) is 9.44. The van der Waals surface area contributed by atoms with Crippen molar-refractivity contribution in [2.45, 2.75) is 39.5 Å². The van der Waals surface area contributed by atoms with Crippen LogP contribution in [0.25, 0.3) is 10.2 Å². The zero-order valence-corrected chi connectivity index (χ0v) is 16.7. The molecule has 0 atom stereocenters. The van der Waals surface area contributed by atoms with E-state index in [4.69, 9.17) is 9.72 Å². The maximum absolute atomic E-state index is 12.7. The number of ether oxygens (including phenoxy) is 1. The molecule has 0 N–H and O–H groups in total. The third-order valence-corrected chi connectivity index (χ3v) is 5.87. The van der Waals surface area contributed by atoms with Gasteiger partial charge in [0.15, 0.2) is 5.13 Å². The lowest BCUT2D eigenvalue weighted by Crippen LogP contribution is -2.39. The molecule has 2 heterocycles. The van der Waals surface area contributed by atoms with Crippen LogP contribution in [-0.4, -0.2) is 55.2 Å². The number of aryl methyl sites for hydroxylation is 1. The predicted octanol–water partition coefficient (Wildman–Crippen LogP) is 3.71. The second-order valence-corrected chi connectivity index (χ2v) is 7.73. The first-order valence-corrected chi connectivity index (χ1v) is 10.5. The van der Waals surface area contributed by atoms with E-state index >= 15 is 0 Å². The van der Waals surface area contributed by atoms with Gasteiger partial charge < -0.3 is 4.74 Å². The summed E-state index contributed by atoms with van der Waals surface area (Å²) in [4.78, 5) is 21.9. The molecular weight excluding hydrogens is 346 g/mol. The van der Waals surface area contributed by atoms with Crippen molar-refractivity contribution >= 4 is 32.6 Å². The van der Waals surface area contributed by atoms with Crippen LogP contribution in [0.4, 0.5) is 5.13 Å². The van der Waals surface area contributed by atoms with Gasteiger partial charge in [-0.2, -0.15) is 0 Å². The van der Waals surface area contributed by atoms with Crippen molar-refractivity contribution in [1.29, 1.82) is 0 Å². The van der Waals surface area contributed by atoms with Gasteiger partial charge in [0.1, 0.15) is 0 Å². The Bertz CT molecular complexity index is 725. The first-order valence-electron chi connectivity index (χ1n) is 9.71. The molecule has 2 aromatic rings. The van der Waals surface area contributed by atoms with E-state index in [-0.39, 0.29) is 5.91 Å². The Balaban J connectivity index is 1.74. The molecule has 5 nitrogen and oxygen atoms in total. The number of amides is 1. The topological polar surface area (TPSA) is 45.7 Å². The van der Waals surface area contributed by atoms with Crippen molar-refractivity contribution in [2.75, 3.05) is 44.3 Å². The lowest BCUT2D eigenvalue weighted by molar-refractivity contribution is -0.118. The van der Waals surface area contributed by atoms with E-state index in [1.165, 1.54) is 10.3 Å². The van der Waals surface area contributed by atoms with Gasteiger partial charge in [0.25, 0.3) is 0 Å². The molecule has 6 heteroatoms.